The molecule has 1 rings (SSSR count). The number of ether oxygens (including phenoxy) is 3. The molecule has 37 heavy (non-hydrogen) atoms. The maximum absolute atomic E-state index is 13.5. The van der Waals surface area contributed by atoms with Crippen LogP contribution in [0.1, 0.15) is 131 Å². The monoisotopic (exact) mass is 530 g/mol. The number of rotatable bonds is 21. The molecule has 1 aromatic carbocycles. The van der Waals surface area contributed by atoms with E-state index in [1.54, 1.807) is 0 Å². The lowest BCUT2D eigenvalue weighted by Crippen LogP contribution is -2.50. The normalized spacial score (nSPS) is 13.3. The summed E-state index contributed by atoms with van der Waals surface area (Å²) in [6.45, 7) is 14.3. The lowest BCUT2D eigenvalue weighted by molar-refractivity contribution is -0.433. The van der Waals surface area contributed by atoms with Gasteiger partial charge in [-0.3, -0.25) is 0 Å². The van der Waals surface area contributed by atoms with Gasteiger partial charge < -0.3 is 14.2 Å². The summed E-state index contributed by atoms with van der Waals surface area (Å²) in [5.41, 5.74) is 0.498. The fourth-order valence-corrected chi connectivity index (χ4v) is 4.85. The highest BCUT2D eigenvalue weighted by molar-refractivity contribution is 5.19. The Labute approximate surface area is 224 Å². The van der Waals surface area contributed by atoms with Gasteiger partial charge in [0.05, 0.1) is 18.3 Å². The molecule has 0 aliphatic rings. The average Bonchev–Trinajstić information content (AvgIpc) is 2.78. The molecule has 216 valence electrons. The van der Waals surface area contributed by atoms with Crippen molar-refractivity contribution in [1.82, 2.24) is 0 Å². The lowest BCUT2D eigenvalue weighted by Gasteiger charge is -2.43. The Kier molecular flexibility index (Phi) is 16.7. The van der Waals surface area contributed by atoms with E-state index in [4.69, 9.17) is 14.2 Å². The van der Waals surface area contributed by atoms with Crippen molar-refractivity contribution in [2.45, 2.75) is 156 Å². The quantitative estimate of drug-likeness (QED) is 0.0899. The van der Waals surface area contributed by atoms with Gasteiger partial charge in [0.15, 0.2) is 17.5 Å². The van der Waals surface area contributed by atoms with Crippen LogP contribution in [0.15, 0.2) is 12.1 Å². The third-order valence-electron chi connectivity index (χ3n) is 6.42. The maximum atomic E-state index is 13.5. The van der Waals surface area contributed by atoms with Gasteiger partial charge in [-0.05, 0) is 84.9 Å². The highest BCUT2D eigenvalue weighted by atomic mass is 19.2. The predicted octanol–water partition coefficient (Wildman–Crippen LogP) is 9.89. The zero-order valence-electron chi connectivity index (χ0n) is 24.5. The van der Waals surface area contributed by atoms with Crippen LogP contribution in [0.5, 0.6) is 0 Å². The molecular weight excluding hydrogens is 477 g/mol. The Hall–Kier alpha value is -1.11. The van der Waals surface area contributed by atoms with Gasteiger partial charge in [-0.2, -0.15) is 0 Å². The van der Waals surface area contributed by atoms with Crippen LogP contribution in [-0.2, 0) is 20.6 Å². The maximum Gasteiger partial charge on any atom is 0.286 e. The Balaban J connectivity index is 2.80. The van der Waals surface area contributed by atoms with E-state index in [2.05, 4.69) is 6.92 Å². The molecule has 0 N–H and O–H groups in total. The molecule has 1 atom stereocenters. The van der Waals surface area contributed by atoms with Crippen LogP contribution < -0.4 is 0 Å². The number of benzene rings is 1. The van der Waals surface area contributed by atoms with Crippen LogP contribution in [0.4, 0.5) is 13.2 Å². The summed E-state index contributed by atoms with van der Waals surface area (Å²) in [5.74, 6) is -4.62. The molecule has 0 bridgehead atoms. The summed E-state index contributed by atoms with van der Waals surface area (Å²) in [7, 11) is 0. The Morgan fingerprint density at radius 1 is 0.622 bits per heavy atom. The molecule has 0 aromatic heterocycles. The summed E-state index contributed by atoms with van der Waals surface area (Å²) in [6.07, 6.45) is 13.4. The molecule has 0 saturated heterocycles. The van der Waals surface area contributed by atoms with E-state index in [9.17, 15) is 13.2 Å². The van der Waals surface area contributed by atoms with Crippen LogP contribution in [-0.4, -0.2) is 24.3 Å². The minimum absolute atomic E-state index is 0.0407. The van der Waals surface area contributed by atoms with Crippen LogP contribution >= 0.6 is 0 Å². The van der Waals surface area contributed by atoms with Gasteiger partial charge in [0.2, 0.25) is 0 Å². The lowest BCUT2D eigenvalue weighted by atomic mass is 9.91. The zero-order chi connectivity index (χ0) is 27.8. The van der Waals surface area contributed by atoms with Gasteiger partial charge in [-0.25, -0.2) is 13.2 Å². The van der Waals surface area contributed by atoms with Crippen LogP contribution in [0, 0.1) is 23.4 Å². The summed E-state index contributed by atoms with van der Waals surface area (Å²) >= 11 is 0. The Morgan fingerprint density at radius 3 is 1.46 bits per heavy atom. The molecule has 0 heterocycles. The molecule has 0 spiro atoms. The number of hydrogen-bond donors (Lipinski definition) is 0. The first-order valence-corrected chi connectivity index (χ1v) is 14.7. The van der Waals surface area contributed by atoms with Crippen molar-refractivity contribution in [3.63, 3.8) is 0 Å². The second kappa shape index (κ2) is 18.2. The largest absolute Gasteiger partial charge is 0.324 e. The van der Waals surface area contributed by atoms with Crippen molar-refractivity contribution in [2.24, 2.45) is 5.92 Å². The van der Waals surface area contributed by atoms with Crippen LogP contribution in [0.25, 0.3) is 0 Å². The predicted molar refractivity (Wildman–Crippen MR) is 146 cm³/mol. The molecule has 1 unspecified atom stereocenters. The SMILES string of the molecule is CCCCCCCCC(CCCCCCc1cc(F)c(F)c(F)c1)C(OC(C)C)(OC(C)C)OC(C)C. The van der Waals surface area contributed by atoms with Gasteiger partial charge in [-0.1, -0.05) is 64.7 Å². The van der Waals surface area contributed by atoms with Gasteiger partial charge in [0, 0.05) is 5.92 Å². The molecule has 6 heteroatoms. The van der Waals surface area contributed by atoms with E-state index in [-0.39, 0.29) is 24.2 Å². The van der Waals surface area contributed by atoms with Crippen molar-refractivity contribution >= 4 is 0 Å². The van der Waals surface area contributed by atoms with E-state index in [1.165, 1.54) is 32.1 Å². The molecular formula is C31H53F3O3. The summed E-state index contributed by atoms with van der Waals surface area (Å²) < 4.78 is 59.5. The topological polar surface area (TPSA) is 27.7 Å². The first kappa shape index (κ1) is 33.9. The summed E-state index contributed by atoms with van der Waals surface area (Å²) in [6, 6.07) is 2.19. The minimum Gasteiger partial charge on any atom is -0.324 e. The molecule has 1 aromatic rings. The van der Waals surface area contributed by atoms with E-state index in [1.807, 2.05) is 41.5 Å². The van der Waals surface area contributed by atoms with Gasteiger partial charge in [-0.15, -0.1) is 0 Å². The van der Waals surface area contributed by atoms with E-state index >= 15 is 0 Å². The molecule has 3 nitrogen and oxygen atoms in total. The van der Waals surface area contributed by atoms with Gasteiger partial charge in [0.1, 0.15) is 0 Å². The van der Waals surface area contributed by atoms with Gasteiger partial charge in [0.25, 0.3) is 5.97 Å². The fourth-order valence-electron chi connectivity index (χ4n) is 4.85. The highest BCUT2D eigenvalue weighted by Gasteiger charge is 2.44. The molecule has 0 aliphatic heterocycles. The van der Waals surface area contributed by atoms with Crippen molar-refractivity contribution in [3.05, 3.63) is 35.1 Å². The number of hydrogen-bond acceptors (Lipinski definition) is 3. The Bertz CT molecular complexity index is 687. The molecule has 0 amide bonds. The number of halogens is 3. The number of aryl methyl sites for hydroxylation is 1. The molecule has 0 aliphatic carbocycles. The van der Waals surface area contributed by atoms with Gasteiger partial charge >= 0.3 is 0 Å². The third kappa shape index (κ3) is 13.5. The van der Waals surface area contributed by atoms with E-state index < -0.39 is 23.4 Å². The number of unbranched alkanes of at least 4 members (excludes halogenated alkanes) is 8. The second-order valence-electron chi connectivity index (χ2n) is 11.2. The smallest absolute Gasteiger partial charge is 0.286 e. The van der Waals surface area contributed by atoms with E-state index in [0.717, 1.165) is 57.1 Å². The van der Waals surface area contributed by atoms with Crippen molar-refractivity contribution in [3.8, 4) is 0 Å². The van der Waals surface area contributed by atoms with Crippen molar-refractivity contribution in [2.75, 3.05) is 0 Å². The standard InChI is InChI=1S/C31H53F3O3/c1-8-9-10-11-12-16-19-27(31(35-23(2)3,36-24(4)5)37-25(6)7)20-17-14-13-15-18-26-21-28(32)30(34)29(33)22-26/h21-25,27H,8-20H2,1-7H3. The molecule has 0 fully saturated rings. The Morgan fingerprint density at radius 2 is 1.03 bits per heavy atom. The van der Waals surface area contributed by atoms with Crippen LogP contribution in [0.2, 0.25) is 0 Å². The molecule has 0 saturated carbocycles. The third-order valence-corrected chi connectivity index (χ3v) is 6.42. The zero-order valence-corrected chi connectivity index (χ0v) is 24.5. The highest BCUT2D eigenvalue weighted by Crippen LogP contribution is 2.37. The van der Waals surface area contributed by atoms with Crippen molar-refractivity contribution < 1.29 is 27.4 Å². The summed E-state index contributed by atoms with van der Waals surface area (Å²) in [5, 5.41) is 0. The second-order valence-corrected chi connectivity index (χ2v) is 11.2. The average molecular weight is 531 g/mol. The molecule has 0 radical (unpaired) electrons. The van der Waals surface area contributed by atoms with Crippen molar-refractivity contribution in [1.29, 1.82) is 0 Å². The van der Waals surface area contributed by atoms with Crippen LogP contribution in [0.3, 0.4) is 0 Å². The van der Waals surface area contributed by atoms with E-state index in [0.29, 0.717) is 12.0 Å². The first-order chi connectivity index (χ1) is 17.5. The minimum atomic E-state index is -1.40. The first-order valence-electron chi connectivity index (χ1n) is 14.7. The fraction of sp³-hybridized carbons (Fsp3) is 0.806. The summed E-state index contributed by atoms with van der Waals surface area (Å²) in [4.78, 5) is 0.